The molecule has 5 aromatic rings. The van der Waals surface area contributed by atoms with Gasteiger partial charge in [-0.3, -0.25) is 0 Å². The van der Waals surface area contributed by atoms with Gasteiger partial charge >= 0.3 is 0 Å². The zero-order chi connectivity index (χ0) is 26.7. The molecule has 2 aliphatic rings. The molecule has 2 aromatic heterocycles. The summed E-state index contributed by atoms with van der Waals surface area (Å²) in [4.78, 5) is 0. The Labute approximate surface area is 227 Å². The lowest BCUT2D eigenvalue weighted by molar-refractivity contribution is -0.727. The van der Waals surface area contributed by atoms with Crippen LogP contribution in [0, 0.1) is 18.6 Å². The highest BCUT2D eigenvalue weighted by molar-refractivity contribution is 5.74. The third-order valence-corrected chi connectivity index (χ3v) is 8.35. The van der Waals surface area contributed by atoms with Crippen molar-refractivity contribution in [1.82, 2.24) is 0 Å². The average Bonchev–Trinajstić information content (AvgIpc) is 3.00. The lowest BCUT2D eigenvalue weighted by atomic mass is 9.78. The van der Waals surface area contributed by atoms with Gasteiger partial charge < -0.3 is 0 Å². The second-order valence-corrected chi connectivity index (χ2v) is 10.6. The third-order valence-electron chi connectivity index (χ3n) is 8.35. The van der Waals surface area contributed by atoms with Crippen LogP contribution in [0.2, 0.25) is 0 Å². The van der Waals surface area contributed by atoms with Gasteiger partial charge in [-0.1, -0.05) is 48.5 Å². The van der Waals surface area contributed by atoms with Crippen LogP contribution >= 0.6 is 0 Å². The maximum absolute atomic E-state index is 15.8. The zero-order valence-corrected chi connectivity index (χ0v) is 21.7. The Kier molecular flexibility index (Phi) is 5.52. The van der Waals surface area contributed by atoms with Crippen molar-refractivity contribution in [1.29, 1.82) is 0 Å². The van der Waals surface area contributed by atoms with Gasteiger partial charge in [0, 0.05) is 35.4 Å². The van der Waals surface area contributed by atoms with Crippen molar-refractivity contribution < 1.29 is 17.9 Å². The number of hydrogen-bond donors (Lipinski definition) is 0. The van der Waals surface area contributed by atoms with Crippen LogP contribution in [-0.4, -0.2) is 0 Å². The van der Waals surface area contributed by atoms with E-state index < -0.39 is 11.6 Å². The quantitative estimate of drug-likeness (QED) is 0.204. The van der Waals surface area contributed by atoms with Crippen LogP contribution < -0.4 is 9.13 Å². The fourth-order valence-electron chi connectivity index (χ4n) is 6.63. The van der Waals surface area contributed by atoms with Gasteiger partial charge in [0.1, 0.15) is 11.6 Å². The highest BCUT2D eigenvalue weighted by Gasteiger charge is 2.47. The van der Waals surface area contributed by atoms with Crippen LogP contribution in [0.5, 0.6) is 0 Å². The Hall–Kier alpha value is -4.44. The van der Waals surface area contributed by atoms with Gasteiger partial charge in [-0.15, -0.1) is 0 Å². The lowest BCUT2D eigenvalue weighted by Gasteiger charge is -2.29. The standard InChI is InChI=1S/C35H28F2N2/c1-22-21-39-23(2)35-29(27-12-6-7-13-28(27)32-14-8-9-17-38(32)35)16-15-25-18-26(36)19-31(37)34(25)33(39)20-30(22)24-10-4-3-5-11-24/h3-14,17-21,29,35H,2,15-16H2,1H3/q+2. The Morgan fingerprint density at radius 3 is 2.44 bits per heavy atom. The van der Waals surface area contributed by atoms with Crippen LogP contribution in [0.15, 0.2) is 110 Å². The molecule has 0 radical (unpaired) electrons. The van der Waals surface area contributed by atoms with Crippen molar-refractivity contribution in [2.24, 2.45) is 0 Å². The number of aryl methyl sites for hydroxylation is 2. The zero-order valence-electron chi connectivity index (χ0n) is 21.7. The van der Waals surface area contributed by atoms with Gasteiger partial charge in [-0.25, -0.2) is 8.78 Å². The Balaban J connectivity index is 1.54. The van der Waals surface area contributed by atoms with Crippen molar-refractivity contribution in [2.75, 3.05) is 0 Å². The summed E-state index contributed by atoms with van der Waals surface area (Å²) >= 11 is 0. The first-order valence-electron chi connectivity index (χ1n) is 13.4. The van der Waals surface area contributed by atoms with Gasteiger partial charge in [0.2, 0.25) is 23.1 Å². The summed E-state index contributed by atoms with van der Waals surface area (Å²) in [5, 5.41) is 0. The first-order chi connectivity index (χ1) is 19.0. The van der Waals surface area contributed by atoms with E-state index in [9.17, 15) is 4.39 Å². The largest absolute Gasteiger partial charge is 0.249 e. The molecule has 0 saturated carbocycles. The van der Waals surface area contributed by atoms with Gasteiger partial charge in [0.15, 0.2) is 12.4 Å². The minimum absolute atomic E-state index is 0.0836. The minimum Gasteiger partial charge on any atom is -0.207 e. The molecule has 2 nitrogen and oxygen atoms in total. The maximum Gasteiger partial charge on any atom is 0.249 e. The molecular formula is C35H28F2N2+2. The predicted molar refractivity (Wildman–Crippen MR) is 150 cm³/mol. The monoisotopic (exact) mass is 514 g/mol. The molecule has 7 rings (SSSR count). The fraction of sp³-hybridized carbons (Fsp3) is 0.143. The van der Waals surface area contributed by atoms with E-state index in [0.29, 0.717) is 23.2 Å². The van der Waals surface area contributed by atoms with Crippen molar-refractivity contribution in [3.8, 4) is 33.6 Å². The van der Waals surface area contributed by atoms with Crippen LogP contribution in [0.25, 0.3) is 39.3 Å². The number of halogens is 2. The smallest absolute Gasteiger partial charge is 0.207 e. The summed E-state index contributed by atoms with van der Waals surface area (Å²) in [6, 6.07) is 29.3. The maximum atomic E-state index is 15.8. The molecule has 2 atom stereocenters. The van der Waals surface area contributed by atoms with E-state index in [2.05, 4.69) is 79.0 Å². The van der Waals surface area contributed by atoms with Crippen molar-refractivity contribution >= 4 is 5.70 Å². The van der Waals surface area contributed by atoms with Crippen molar-refractivity contribution in [3.63, 3.8) is 0 Å². The molecule has 4 heterocycles. The molecule has 39 heavy (non-hydrogen) atoms. The number of benzene rings is 3. The van der Waals surface area contributed by atoms with Crippen molar-refractivity contribution in [3.05, 3.63) is 138 Å². The Bertz CT molecular complexity index is 1770. The van der Waals surface area contributed by atoms with E-state index >= 15 is 4.39 Å². The average molecular weight is 515 g/mol. The molecule has 0 spiro atoms. The molecule has 0 bridgehead atoms. The van der Waals surface area contributed by atoms with E-state index in [-0.39, 0.29) is 12.0 Å². The molecule has 4 heteroatoms. The van der Waals surface area contributed by atoms with E-state index in [1.807, 2.05) is 34.9 Å². The number of rotatable bonds is 1. The first kappa shape index (κ1) is 23.7. The first-order valence-corrected chi connectivity index (χ1v) is 13.4. The third kappa shape index (κ3) is 3.74. The normalized spacial score (nSPS) is 17.5. The SMILES string of the molecule is C=C1C2C(CCc3cc(F)cc(F)c3-c3cc(-c4ccccc4)c(C)c[n+]31)c1ccccc1-c1cccc[n+]12. The van der Waals surface area contributed by atoms with Gasteiger partial charge in [0.25, 0.3) is 0 Å². The number of hydrogen-bond acceptors (Lipinski definition) is 0. The fourth-order valence-corrected chi connectivity index (χ4v) is 6.63. The van der Waals surface area contributed by atoms with E-state index in [0.717, 1.165) is 40.6 Å². The molecule has 2 unspecified atom stereocenters. The van der Waals surface area contributed by atoms with E-state index in [4.69, 9.17) is 0 Å². The molecule has 0 amide bonds. The summed E-state index contributed by atoms with van der Waals surface area (Å²) in [5.74, 6) is -1.01. The highest BCUT2D eigenvalue weighted by atomic mass is 19.1. The molecule has 0 saturated heterocycles. The van der Waals surface area contributed by atoms with Gasteiger partial charge in [0.05, 0.1) is 11.5 Å². The summed E-state index contributed by atoms with van der Waals surface area (Å²) in [6.45, 7) is 6.74. The highest BCUT2D eigenvalue weighted by Crippen LogP contribution is 2.45. The Morgan fingerprint density at radius 2 is 1.59 bits per heavy atom. The van der Waals surface area contributed by atoms with E-state index in [1.54, 1.807) is 0 Å². The number of pyridine rings is 2. The topological polar surface area (TPSA) is 7.76 Å². The summed E-state index contributed by atoms with van der Waals surface area (Å²) in [7, 11) is 0. The number of nitrogens with zero attached hydrogens (tertiary/aromatic N) is 2. The molecule has 0 fully saturated rings. The molecular weight excluding hydrogens is 486 g/mol. The van der Waals surface area contributed by atoms with Gasteiger partial charge in [-0.05, 0) is 66.8 Å². The predicted octanol–water partition coefficient (Wildman–Crippen LogP) is 7.60. The molecule has 2 aliphatic heterocycles. The number of allylic oxidation sites excluding steroid dienone is 1. The molecule has 3 aromatic carbocycles. The van der Waals surface area contributed by atoms with Crippen molar-refractivity contribution in [2.45, 2.75) is 31.7 Å². The van der Waals surface area contributed by atoms with Crippen LogP contribution in [-0.2, 0) is 6.42 Å². The van der Waals surface area contributed by atoms with Gasteiger partial charge in [-0.2, -0.15) is 9.13 Å². The summed E-state index contributed by atoms with van der Waals surface area (Å²) < 4.78 is 34.8. The number of fused-ring (bicyclic) bond motifs is 9. The molecule has 190 valence electrons. The Morgan fingerprint density at radius 1 is 0.821 bits per heavy atom. The lowest BCUT2D eigenvalue weighted by Crippen LogP contribution is -2.53. The van der Waals surface area contributed by atoms with Crippen LogP contribution in [0.1, 0.15) is 35.1 Å². The van der Waals surface area contributed by atoms with E-state index in [1.165, 1.54) is 17.2 Å². The molecule has 0 aliphatic carbocycles. The minimum atomic E-state index is -0.549. The summed E-state index contributed by atoms with van der Waals surface area (Å²) in [5.41, 5.74) is 9.37. The van der Waals surface area contributed by atoms with Crippen LogP contribution in [0.4, 0.5) is 8.78 Å². The molecule has 0 N–H and O–H groups in total. The van der Waals surface area contributed by atoms with Crippen LogP contribution in [0.3, 0.4) is 0 Å². The second-order valence-electron chi connectivity index (χ2n) is 10.6. The number of aromatic nitrogens is 2. The second kappa shape index (κ2) is 9.09. The summed E-state index contributed by atoms with van der Waals surface area (Å²) in [6.07, 6.45) is 5.46.